The number of fused-ring (bicyclic) bond motifs is 1. The molecule has 29 heavy (non-hydrogen) atoms. The van der Waals surface area contributed by atoms with Crippen LogP contribution >= 0.6 is 11.3 Å². The van der Waals surface area contributed by atoms with E-state index in [1.54, 1.807) is 42.6 Å². The lowest BCUT2D eigenvalue weighted by Gasteiger charge is -2.04. The molecule has 1 amide bonds. The third-order valence-corrected chi connectivity index (χ3v) is 5.04. The third kappa shape index (κ3) is 3.48. The first-order chi connectivity index (χ1) is 13.9. The molecule has 144 valence electrons. The summed E-state index contributed by atoms with van der Waals surface area (Å²) in [7, 11) is 0. The maximum atomic E-state index is 12.5. The van der Waals surface area contributed by atoms with Crippen molar-refractivity contribution in [2.45, 2.75) is 6.92 Å². The summed E-state index contributed by atoms with van der Waals surface area (Å²) in [5.74, 6) is -0.628. The van der Waals surface area contributed by atoms with E-state index in [9.17, 15) is 19.7 Å². The molecular weight excluding hydrogens is 394 g/mol. The highest BCUT2D eigenvalue weighted by atomic mass is 32.1. The lowest BCUT2D eigenvalue weighted by molar-refractivity contribution is -0.385. The molecule has 1 aromatic carbocycles. The maximum absolute atomic E-state index is 12.5. The minimum absolute atomic E-state index is 0.00338. The minimum atomic E-state index is -0.628. The number of nitrogens with zero attached hydrogens (tertiary/aromatic N) is 4. The molecule has 0 aliphatic heterocycles. The van der Waals surface area contributed by atoms with Crippen LogP contribution in [-0.4, -0.2) is 25.2 Å². The second-order valence-electron chi connectivity index (χ2n) is 6.16. The summed E-state index contributed by atoms with van der Waals surface area (Å²) in [5, 5.41) is 15.7. The van der Waals surface area contributed by atoms with E-state index < -0.39 is 16.4 Å². The van der Waals surface area contributed by atoms with Gasteiger partial charge in [0.15, 0.2) is 5.13 Å². The highest BCUT2D eigenvalue weighted by Gasteiger charge is 2.17. The Kier molecular flexibility index (Phi) is 4.61. The zero-order valence-electron chi connectivity index (χ0n) is 15.0. The average Bonchev–Trinajstić information content (AvgIpc) is 3.17. The Morgan fingerprint density at radius 2 is 2.10 bits per heavy atom. The Balaban J connectivity index is 1.61. The van der Waals surface area contributed by atoms with Crippen LogP contribution in [0.25, 0.3) is 16.9 Å². The summed E-state index contributed by atoms with van der Waals surface area (Å²) >= 11 is 1.15. The van der Waals surface area contributed by atoms with Gasteiger partial charge in [0.05, 0.1) is 10.6 Å². The van der Waals surface area contributed by atoms with Gasteiger partial charge in [0.25, 0.3) is 17.2 Å². The summed E-state index contributed by atoms with van der Waals surface area (Å²) in [4.78, 5) is 44.1. The number of benzene rings is 1. The summed E-state index contributed by atoms with van der Waals surface area (Å²) < 4.78 is 1.29. The Morgan fingerprint density at radius 3 is 2.90 bits per heavy atom. The first-order valence-corrected chi connectivity index (χ1v) is 9.30. The number of pyridine rings is 1. The van der Waals surface area contributed by atoms with Gasteiger partial charge >= 0.3 is 0 Å². The first kappa shape index (κ1) is 18.4. The van der Waals surface area contributed by atoms with Gasteiger partial charge in [-0.1, -0.05) is 18.2 Å². The molecule has 0 fully saturated rings. The number of anilines is 1. The fourth-order valence-electron chi connectivity index (χ4n) is 2.78. The predicted octanol–water partition coefficient (Wildman–Crippen LogP) is 3.29. The average molecular weight is 407 g/mol. The molecule has 0 aliphatic rings. The molecule has 0 spiro atoms. The summed E-state index contributed by atoms with van der Waals surface area (Å²) in [6, 6.07) is 9.89. The molecule has 10 heteroatoms. The monoisotopic (exact) mass is 407 g/mol. The summed E-state index contributed by atoms with van der Waals surface area (Å²) in [6.45, 7) is 1.66. The molecule has 3 heterocycles. The van der Waals surface area contributed by atoms with Gasteiger partial charge in [-0.15, -0.1) is 11.3 Å². The number of aryl methyl sites for hydroxylation is 1. The fraction of sp³-hybridized carbons (Fsp3) is 0.0526. The molecule has 4 aromatic rings. The Hall–Kier alpha value is -3.92. The number of hydrogen-bond donors (Lipinski definition) is 1. The topological polar surface area (TPSA) is 120 Å². The largest absolute Gasteiger partial charge is 0.298 e. The van der Waals surface area contributed by atoms with E-state index >= 15 is 0 Å². The number of hydrogen-bond acceptors (Lipinski definition) is 7. The van der Waals surface area contributed by atoms with Crippen molar-refractivity contribution < 1.29 is 9.72 Å². The Morgan fingerprint density at radius 1 is 1.28 bits per heavy atom. The van der Waals surface area contributed by atoms with Crippen LogP contribution in [0.1, 0.15) is 15.9 Å². The number of carbonyl (C=O) groups excluding carboxylic acids is 1. The third-order valence-electron chi connectivity index (χ3n) is 4.28. The number of nitrogens with one attached hydrogen (secondary N) is 1. The number of carbonyl (C=O) groups is 1. The fourth-order valence-corrected chi connectivity index (χ4v) is 3.49. The van der Waals surface area contributed by atoms with Crippen molar-refractivity contribution in [3.05, 3.63) is 85.8 Å². The number of thiazole rings is 1. The lowest BCUT2D eigenvalue weighted by atomic mass is 10.1. The van der Waals surface area contributed by atoms with Gasteiger partial charge < -0.3 is 0 Å². The van der Waals surface area contributed by atoms with E-state index in [-0.39, 0.29) is 16.4 Å². The minimum Gasteiger partial charge on any atom is -0.298 e. The highest BCUT2D eigenvalue weighted by Crippen LogP contribution is 2.29. The molecular formula is C19H13N5O4S. The van der Waals surface area contributed by atoms with Crippen molar-refractivity contribution in [2.24, 2.45) is 0 Å². The second kappa shape index (κ2) is 7.24. The Labute approximate surface area is 167 Å². The van der Waals surface area contributed by atoms with E-state index in [0.717, 1.165) is 11.3 Å². The van der Waals surface area contributed by atoms with E-state index in [0.29, 0.717) is 22.5 Å². The van der Waals surface area contributed by atoms with Crippen LogP contribution in [0.4, 0.5) is 10.8 Å². The van der Waals surface area contributed by atoms with E-state index in [1.807, 2.05) is 0 Å². The van der Waals surface area contributed by atoms with Crippen molar-refractivity contribution in [2.75, 3.05) is 5.32 Å². The van der Waals surface area contributed by atoms with Crippen LogP contribution in [-0.2, 0) is 0 Å². The standard InChI is InChI=1S/C19H13N5O4S/c1-11-5-6-12(8-15(11)24(27)28)14-10-29-19(21-14)22-17(25)13-9-20-16-4-2-3-7-23(16)18(13)26/h2-10H,1H3,(H,21,22,25). The van der Waals surface area contributed by atoms with Crippen molar-refractivity contribution in [1.82, 2.24) is 14.4 Å². The molecule has 9 nitrogen and oxygen atoms in total. The lowest BCUT2D eigenvalue weighted by Crippen LogP contribution is -2.26. The number of amides is 1. The van der Waals surface area contributed by atoms with E-state index in [4.69, 9.17) is 0 Å². The molecule has 4 rings (SSSR count). The molecule has 0 saturated heterocycles. The smallest absolute Gasteiger partial charge is 0.272 e. The molecule has 3 aromatic heterocycles. The number of nitro groups is 1. The van der Waals surface area contributed by atoms with Crippen LogP contribution in [0, 0.1) is 17.0 Å². The van der Waals surface area contributed by atoms with Crippen LogP contribution in [0.3, 0.4) is 0 Å². The molecule has 0 bridgehead atoms. The zero-order chi connectivity index (χ0) is 20.5. The molecule has 1 N–H and O–H groups in total. The van der Waals surface area contributed by atoms with Gasteiger partial charge in [-0.3, -0.25) is 29.4 Å². The molecule has 0 unspecified atom stereocenters. The highest BCUT2D eigenvalue weighted by molar-refractivity contribution is 7.14. The molecule has 0 atom stereocenters. The van der Waals surface area contributed by atoms with Crippen LogP contribution in [0.15, 0.2) is 59.0 Å². The van der Waals surface area contributed by atoms with Gasteiger partial charge in [0.2, 0.25) is 0 Å². The maximum Gasteiger partial charge on any atom is 0.272 e. The van der Waals surface area contributed by atoms with Crippen LogP contribution in [0.5, 0.6) is 0 Å². The van der Waals surface area contributed by atoms with Crippen molar-refractivity contribution in [3.8, 4) is 11.3 Å². The second-order valence-corrected chi connectivity index (χ2v) is 7.01. The van der Waals surface area contributed by atoms with E-state index in [2.05, 4.69) is 15.3 Å². The van der Waals surface area contributed by atoms with Gasteiger partial charge in [0, 0.05) is 35.0 Å². The zero-order valence-corrected chi connectivity index (χ0v) is 15.8. The van der Waals surface area contributed by atoms with Crippen molar-refractivity contribution in [3.63, 3.8) is 0 Å². The Bertz CT molecular complexity index is 1330. The van der Waals surface area contributed by atoms with Crippen LogP contribution < -0.4 is 10.9 Å². The summed E-state index contributed by atoms with van der Waals surface area (Å²) in [5.41, 5.74) is 1.43. The van der Waals surface area contributed by atoms with Crippen LogP contribution in [0.2, 0.25) is 0 Å². The first-order valence-electron chi connectivity index (χ1n) is 8.43. The predicted molar refractivity (Wildman–Crippen MR) is 108 cm³/mol. The van der Waals surface area contributed by atoms with Crippen molar-refractivity contribution >= 4 is 33.7 Å². The van der Waals surface area contributed by atoms with E-state index in [1.165, 1.54) is 22.9 Å². The summed E-state index contributed by atoms with van der Waals surface area (Å²) in [6.07, 6.45) is 2.76. The van der Waals surface area contributed by atoms with Gasteiger partial charge in [-0.25, -0.2) is 9.97 Å². The van der Waals surface area contributed by atoms with Gasteiger partial charge in [-0.05, 0) is 19.1 Å². The normalized spacial score (nSPS) is 10.8. The van der Waals surface area contributed by atoms with Crippen molar-refractivity contribution in [1.29, 1.82) is 0 Å². The molecule has 0 radical (unpaired) electrons. The van der Waals surface area contributed by atoms with Gasteiger partial charge in [-0.2, -0.15) is 0 Å². The van der Waals surface area contributed by atoms with Gasteiger partial charge in [0.1, 0.15) is 11.2 Å². The quantitative estimate of drug-likeness (QED) is 0.409. The molecule has 0 aliphatic carbocycles. The SMILES string of the molecule is Cc1ccc(-c2csc(NC(=O)c3cnc4ccccn4c3=O)n2)cc1[N+](=O)[O-]. The molecule has 0 saturated carbocycles. The number of nitro benzene ring substituents is 1. The number of aromatic nitrogens is 3. The number of rotatable bonds is 4.